The molecule has 2 rings (SSSR count). The molecular weight excluding hydrogens is 305 g/mol. The third-order valence-electron chi connectivity index (χ3n) is 3.32. The van der Waals surface area contributed by atoms with Crippen molar-refractivity contribution in [3.05, 3.63) is 42.1 Å². The summed E-state index contributed by atoms with van der Waals surface area (Å²) in [5, 5.41) is 2.99. The van der Waals surface area contributed by atoms with Gasteiger partial charge in [-0.05, 0) is 36.8 Å². The van der Waals surface area contributed by atoms with Crippen LogP contribution in [0, 0.1) is 0 Å². The molecule has 1 aromatic carbocycles. The van der Waals surface area contributed by atoms with Gasteiger partial charge in [0.25, 0.3) is 0 Å². The number of unbranched alkanes of at least 4 members (excludes halogenated alkanes) is 1. The molecule has 0 amide bonds. The van der Waals surface area contributed by atoms with Crippen LogP contribution in [0.5, 0.6) is 0 Å². The first-order valence-corrected chi connectivity index (χ1v) is 7.38. The van der Waals surface area contributed by atoms with Crippen LogP contribution >= 0.6 is 0 Å². The zero-order chi connectivity index (χ0) is 16.9. The van der Waals surface area contributed by atoms with Gasteiger partial charge in [0.1, 0.15) is 5.82 Å². The van der Waals surface area contributed by atoms with Gasteiger partial charge in [0.2, 0.25) is 5.95 Å². The molecule has 1 N–H and O–H groups in total. The number of halogens is 3. The Morgan fingerprint density at radius 1 is 1.13 bits per heavy atom. The lowest BCUT2D eigenvalue weighted by molar-refractivity contribution is -0.137. The highest BCUT2D eigenvalue weighted by atomic mass is 19.4. The molecule has 124 valence electrons. The molecule has 0 unspecified atom stereocenters. The van der Waals surface area contributed by atoms with E-state index in [1.165, 1.54) is 12.1 Å². The zero-order valence-corrected chi connectivity index (χ0v) is 13.1. The van der Waals surface area contributed by atoms with Gasteiger partial charge in [-0.3, -0.25) is 0 Å². The largest absolute Gasteiger partial charge is 0.416 e. The maximum Gasteiger partial charge on any atom is 0.416 e. The molecule has 4 nitrogen and oxygen atoms in total. The Hall–Kier alpha value is -2.31. The number of hydrogen-bond donors (Lipinski definition) is 1. The average Bonchev–Trinajstić information content (AvgIpc) is 2.52. The average molecular weight is 324 g/mol. The number of benzene rings is 1. The van der Waals surface area contributed by atoms with Gasteiger partial charge in [-0.25, -0.2) is 4.98 Å². The van der Waals surface area contributed by atoms with Gasteiger partial charge in [0, 0.05) is 25.5 Å². The van der Waals surface area contributed by atoms with Gasteiger partial charge >= 0.3 is 6.18 Å². The van der Waals surface area contributed by atoms with E-state index in [1.54, 1.807) is 12.3 Å². The van der Waals surface area contributed by atoms with Crippen molar-refractivity contribution in [1.82, 2.24) is 9.97 Å². The lowest BCUT2D eigenvalue weighted by Crippen LogP contribution is -2.21. The lowest BCUT2D eigenvalue weighted by Gasteiger charge is -2.17. The van der Waals surface area contributed by atoms with Crippen molar-refractivity contribution in [2.24, 2.45) is 0 Å². The summed E-state index contributed by atoms with van der Waals surface area (Å²) in [6.07, 6.45) is -0.593. The van der Waals surface area contributed by atoms with E-state index in [-0.39, 0.29) is 0 Å². The topological polar surface area (TPSA) is 41.1 Å². The zero-order valence-electron chi connectivity index (χ0n) is 13.1. The van der Waals surface area contributed by atoms with Crippen molar-refractivity contribution in [1.29, 1.82) is 0 Å². The first kappa shape index (κ1) is 17.1. The van der Waals surface area contributed by atoms with Crippen molar-refractivity contribution in [2.75, 3.05) is 23.8 Å². The molecule has 0 fully saturated rings. The highest BCUT2D eigenvalue weighted by Gasteiger charge is 2.29. The summed E-state index contributed by atoms with van der Waals surface area (Å²) in [4.78, 5) is 10.5. The van der Waals surface area contributed by atoms with Crippen molar-refractivity contribution >= 4 is 17.5 Å². The fourth-order valence-corrected chi connectivity index (χ4v) is 1.99. The van der Waals surface area contributed by atoms with Crippen LogP contribution in [-0.2, 0) is 6.18 Å². The van der Waals surface area contributed by atoms with Gasteiger partial charge in [0.05, 0.1) is 5.56 Å². The van der Waals surface area contributed by atoms with E-state index in [1.807, 2.05) is 11.9 Å². The summed E-state index contributed by atoms with van der Waals surface area (Å²) in [7, 11) is 1.91. The molecule has 0 bridgehead atoms. The molecule has 0 radical (unpaired) electrons. The van der Waals surface area contributed by atoms with Crippen LogP contribution in [0.1, 0.15) is 25.3 Å². The predicted molar refractivity (Wildman–Crippen MR) is 84.9 cm³/mol. The van der Waals surface area contributed by atoms with Gasteiger partial charge in [-0.1, -0.05) is 13.3 Å². The van der Waals surface area contributed by atoms with Crippen LogP contribution in [0.25, 0.3) is 0 Å². The van der Waals surface area contributed by atoms with E-state index in [0.717, 1.165) is 31.5 Å². The summed E-state index contributed by atoms with van der Waals surface area (Å²) in [5.41, 5.74) is -0.135. The summed E-state index contributed by atoms with van der Waals surface area (Å²) in [6, 6.07) is 6.52. The molecular formula is C16H19F3N4. The molecule has 1 aromatic heterocycles. The smallest absolute Gasteiger partial charge is 0.344 e. The minimum absolute atomic E-state index is 0.540. The fourth-order valence-electron chi connectivity index (χ4n) is 1.99. The molecule has 0 aliphatic carbocycles. The van der Waals surface area contributed by atoms with Gasteiger partial charge in [0.15, 0.2) is 0 Å². The maximum absolute atomic E-state index is 12.5. The Labute approximate surface area is 133 Å². The molecule has 0 spiro atoms. The number of nitrogens with zero attached hydrogens (tertiary/aromatic N) is 3. The second kappa shape index (κ2) is 7.30. The minimum Gasteiger partial charge on any atom is -0.344 e. The Bertz CT molecular complexity index is 626. The third-order valence-corrected chi connectivity index (χ3v) is 3.32. The lowest BCUT2D eigenvalue weighted by atomic mass is 10.2. The second-order valence-electron chi connectivity index (χ2n) is 5.22. The maximum atomic E-state index is 12.5. The Kier molecular flexibility index (Phi) is 5.41. The van der Waals surface area contributed by atoms with Crippen molar-refractivity contribution in [3.8, 4) is 0 Å². The first-order valence-electron chi connectivity index (χ1n) is 7.38. The number of rotatable bonds is 6. The van der Waals surface area contributed by atoms with Crippen LogP contribution in [0.4, 0.5) is 30.6 Å². The van der Waals surface area contributed by atoms with Crippen molar-refractivity contribution < 1.29 is 13.2 Å². The van der Waals surface area contributed by atoms with Gasteiger partial charge in [-0.2, -0.15) is 18.2 Å². The molecule has 2 aromatic rings. The number of alkyl halides is 3. The van der Waals surface area contributed by atoms with Crippen LogP contribution in [0.3, 0.4) is 0 Å². The van der Waals surface area contributed by atoms with Crippen molar-refractivity contribution in [3.63, 3.8) is 0 Å². The van der Waals surface area contributed by atoms with E-state index in [9.17, 15) is 13.2 Å². The number of nitrogens with one attached hydrogen (secondary N) is 1. The van der Waals surface area contributed by atoms with Crippen LogP contribution in [0.15, 0.2) is 36.5 Å². The second-order valence-corrected chi connectivity index (χ2v) is 5.22. The van der Waals surface area contributed by atoms with Gasteiger partial charge in [-0.15, -0.1) is 0 Å². The highest BCUT2D eigenvalue weighted by Crippen LogP contribution is 2.30. The number of aromatic nitrogens is 2. The Morgan fingerprint density at radius 2 is 1.83 bits per heavy atom. The van der Waals surface area contributed by atoms with Gasteiger partial charge < -0.3 is 10.2 Å². The van der Waals surface area contributed by atoms with Crippen molar-refractivity contribution in [2.45, 2.75) is 25.9 Å². The minimum atomic E-state index is -4.33. The first-order chi connectivity index (χ1) is 10.9. The molecule has 23 heavy (non-hydrogen) atoms. The molecule has 0 saturated carbocycles. The molecule has 0 aliphatic rings. The van der Waals surface area contributed by atoms with Crippen LogP contribution in [-0.4, -0.2) is 23.6 Å². The molecule has 0 saturated heterocycles. The molecule has 0 atom stereocenters. The molecule has 7 heteroatoms. The van der Waals surface area contributed by atoms with E-state index in [2.05, 4.69) is 22.2 Å². The quantitative estimate of drug-likeness (QED) is 0.851. The Morgan fingerprint density at radius 3 is 2.43 bits per heavy atom. The summed E-state index contributed by atoms with van der Waals surface area (Å²) < 4.78 is 37.6. The normalized spacial score (nSPS) is 11.3. The molecule has 1 heterocycles. The fraction of sp³-hybridized carbons (Fsp3) is 0.375. The predicted octanol–water partition coefficient (Wildman–Crippen LogP) is 4.48. The van der Waals surface area contributed by atoms with Crippen LogP contribution in [0.2, 0.25) is 0 Å². The monoisotopic (exact) mass is 324 g/mol. The van der Waals surface area contributed by atoms with E-state index >= 15 is 0 Å². The SMILES string of the molecule is CCCCN(C)c1nccc(Nc2ccc(C(F)(F)F)cc2)n1. The number of hydrogen-bond acceptors (Lipinski definition) is 4. The summed E-state index contributed by atoms with van der Waals surface area (Å²) >= 11 is 0. The van der Waals surface area contributed by atoms with E-state index in [0.29, 0.717) is 17.5 Å². The summed E-state index contributed by atoms with van der Waals surface area (Å²) in [6.45, 7) is 2.96. The number of anilines is 3. The van der Waals surface area contributed by atoms with E-state index in [4.69, 9.17) is 0 Å². The molecule has 0 aliphatic heterocycles. The van der Waals surface area contributed by atoms with E-state index < -0.39 is 11.7 Å². The summed E-state index contributed by atoms with van der Waals surface area (Å²) in [5.74, 6) is 1.12. The van der Waals surface area contributed by atoms with Crippen LogP contribution < -0.4 is 10.2 Å². The highest BCUT2D eigenvalue weighted by molar-refractivity contribution is 5.57. The Balaban J connectivity index is 2.08. The third kappa shape index (κ3) is 4.84. The standard InChI is InChI=1S/C16H19F3N4/c1-3-4-11-23(2)15-20-10-9-14(22-15)21-13-7-5-12(6-8-13)16(17,18)19/h5-10H,3-4,11H2,1-2H3,(H,20,21,22).